The number of hydrogen-bond acceptors (Lipinski definition) is 2. The number of carbonyl (C=O) groups is 1. The van der Waals surface area contributed by atoms with Crippen LogP contribution in [-0.4, -0.2) is 30.4 Å². The van der Waals surface area contributed by atoms with Crippen molar-refractivity contribution in [2.75, 3.05) is 19.6 Å². The van der Waals surface area contributed by atoms with Gasteiger partial charge in [0.25, 0.3) is 0 Å². The maximum Gasteiger partial charge on any atom is 0.222 e. The smallest absolute Gasteiger partial charge is 0.222 e. The average molecular weight is 212 g/mol. The van der Waals surface area contributed by atoms with Gasteiger partial charge in [-0.3, -0.25) is 4.79 Å². The molecule has 0 aromatic heterocycles. The van der Waals surface area contributed by atoms with Gasteiger partial charge in [0.15, 0.2) is 0 Å². The summed E-state index contributed by atoms with van der Waals surface area (Å²) in [6.07, 6.45) is 2.75. The van der Waals surface area contributed by atoms with E-state index in [0.717, 1.165) is 25.9 Å². The van der Waals surface area contributed by atoms with Gasteiger partial charge >= 0.3 is 0 Å². The SMILES string of the molecule is CCC(CN)CC(=O)N1CCC(C)(C)C1. The first-order valence-corrected chi connectivity index (χ1v) is 5.96. The highest BCUT2D eigenvalue weighted by Gasteiger charge is 2.32. The molecule has 1 rings (SSSR count). The second-order valence-electron chi connectivity index (χ2n) is 5.44. The molecule has 0 saturated carbocycles. The van der Waals surface area contributed by atoms with Crippen molar-refractivity contribution < 1.29 is 4.79 Å². The van der Waals surface area contributed by atoms with Crippen LogP contribution in [0.1, 0.15) is 40.0 Å². The first kappa shape index (κ1) is 12.5. The lowest BCUT2D eigenvalue weighted by Crippen LogP contribution is -2.32. The summed E-state index contributed by atoms with van der Waals surface area (Å²) in [5.74, 6) is 0.652. The van der Waals surface area contributed by atoms with Crippen LogP contribution in [0.15, 0.2) is 0 Å². The molecule has 1 atom stereocenters. The minimum atomic E-state index is 0.290. The van der Waals surface area contributed by atoms with Gasteiger partial charge in [0, 0.05) is 19.5 Å². The van der Waals surface area contributed by atoms with E-state index in [0.29, 0.717) is 24.3 Å². The summed E-state index contributed by atoms with van der Waals surface area (Å²) in [6.45, 7) is 9.00. The molecule has 3 nitrogen and oxygen atoms in total. The molecular formula is C12H24N2O. The minimum Gasteiger partial charge on any atom is -0.342 e. The summed E-state index contributed by atoms with van der Waals surface area (Å²) in [4.78, 5) is 13.9. The van der Waals surface area contributed by atoms with Crippen LogP contribution in [0.5, 0.6) is 0 Å². The van der Waals surface area contributed by atoms with E-state index in [1.807, 2.05) is 4.90 Å². The maximum atomic E-state index is 11.9. The molecule has 0 bridgehead atoms. The molecule has 0 aromatic carbocycles. The van der Waals surface area contributed by atoms with E-state index in [9.17, 15) is 4.79 Å². The van der Waals surface area contributed by atoms with Gasteiger partial charge in [-0.1, -0.05) is 27.2 Å². The number of nitrogens with zero attached hydrogens (tertiary/aromatic N) is 1. The van der Waals surface area contributed by atoms with Crippen molar-refractivity contribution in [1.82, 2.24) is 4.90 Å². The van der Waals surface area contributed by atoms with Crippen LogP contribution >= 0.6 is 0 Å². The molecule has 1 fully saturated rings. The Hall–Kier alpha value is -0.570. The molecule has 3 heteroatoms. The van der Waals surface area contributed by atoms with Gasteiger partial charge < -0.3 is 10.6 Å². The zero-order valence-electron chi connectivity index (χ0n) is 10.3. The largest absolute Gasteiger partial charge is 0.342 e. The van der Waals surface area contributed by atoms with E-state index < -0.39 is 0 Å². The maximum absolute atomic E-state index is 11.9. The topological polar surface area (TPSA) is 46.3 Å². The molecule has 1 aliphatic rings. The number of amides is 1. The fourth-order valence-corrected chi connectivity index (χ4v) is 2.10. The van der Waals surface area contributed by atoms with Gasteiger partial charge in [-0.2, -0.15) is 0 Å². The van der Waals surface area contributed by atoms with Crippen LogP contribution in [0, 0.1) is 11.3 Å². The van der Waals surface area contributed by atoms with Crippen molar-refractivity contribution in [1.29, 1.82) is 0 Å². The minimum absolute atomic E-state index is 0.290. The molecule has 1 heterocycles. The Balaban J connectivity index is 2.42. The van der Waals surface area contributed by atoms with E-state index in [1.165, 1.54) is 0 Å². The summed E-state index contributed by atoms with van der Waals surface area (Å²) in [5.41, 5.74) is 5.92. The molecule has 1 amide bonds. The Bertz CT molecular complexity index is 222. The predicted octanol–water partition coefficient (Wildman–Crippen LogP) is 1.62. The van der Waals surface area contributed by atoms with Crippen LogP contribution in [0.4, 0.5) is 0 Å². The van der Waals surface area contributed by atoms with Crippen molar-refractivity contribution in [3.63, 3.8) is 0 Å². The summed E-state index contributed by atoms with van der Waals surface area (Å²) >= 11 is 0. The summed E-state index contributed by atoms with van der Waals surface area (Å²) in [5, 5.41) is 0. The number of carbonyl (C=O) groups excluding carboxylic acids is 1. The van der Waals surface area contributed by atoms with Crippen LogP contribution in [0.3, 0.4) is 0 Å². The van der Waals surface area contributed by atoms with Crippen LogP contribution < -0.4 is 5.73 Å². The monoisotopic (exact) mass is 212 g/mol. The molecule has 1 unspecified atom stereocenters. The molecule has 1 aliphatic heterocycles. The first-order chi connectivity index (χ1) is 6.98. The number of hydrogen-bond donors (Lipinski definition) is 1. The highest BCUT2D eigenvalue weighted by Crippen LogP contribution is 2.29. The van der Waals surface area contributed by atoms with E-state index in [1.54, 1.807) is 0 Å². The molecule has 0 aromatic rings. The average Bonchev–Trinajstić information content (AvgIpc) is 2.55. The van der Waals surface area contributed by atoms with E-state index in [-0.39, 0.29) is 5.91 Å². The fourth-order valence-electron chi connectivity index (χ4n) is 2.10. The standard InChI is InChI=1S/C12H24N2O/c1-4-10(8-13)7-11(15)14-6-5-12(2,3)9-14/h10H,4-9,13H2,1-3H3. The third-order valence-corrected chi connectivity index (χ3v) is 3.40. The van der Waals surface area contributed by atoms with Crippen molar-refractivity contribution in [3.05, 3.63) is 0 Å². The van der Waals surface area contributed by atoms with Gasteiger partial charge in [0.05, 0.1) is 0 Å². The predicted molar refractivity (Wildman–Crippen MR) is 62.4 cm³/mol. The number of rotatable bonds is 4. The zero-order valence-corrected chi connectivity index (χ0v) is 10.3. The normalized spacial score (nSPS) is 21.7. The molecular weight excluding hydrogens is 188 g/mol. The second-order valence-corrected chi connectivity index (χ2v) is 5.44. The third kappa shape index (κ3) is 3.49. The Morgan fingerprint density at radius 3 is 2.60 bits per heavy atom. The summed E-state index contributed by atoms with van der Waals surface area (Å²) in [7, 11) is 0. The highest BCUT2D eigenvalue weighted by atomic mass is 16.2. The third-order valence-electron chi connectivity index (χ3n) is 3.40. The molecule has 15 heavy (non-hydrogen) atoms. The molecule has 1 saturated heterocycles. The Morgan fingerprint density at radius 1 is 1.53 bits per heavy atom. The Labute approximate surface area is 93.0 Å². The Morgan fingerprint density at radius 2 is 2.20 bits per heavy atom. The lowest BCUT2D eigenvalue weighted by atomic mass is 9.93. The summed E-state index contributed by atoms with van der Waals surface area (Å²) in [6, 6.07) is 0. The van der Waals surface area contributed by atoms with Gasteiger partial charge in [-0.15, -0.1) is 0 Å². The van der Waals surface area contributed by atoms with Crippen molar-refractivity contribution in [2.24, 2.45) is 17.1 Å². The molecule has 2 N–H and O–H groups in total. The van der Waals surface area contributed by atoms with Crippen molar-refractivity contribution >= 4 is 5.91 Å². The number of likely N-dealkylation sites (tertiary alicyclic amines) is 1. The fraction of sp³-hybridized carbons (Fsp3) is 0.917. The lowest BCUT2D eigenvalue weighted by Gasteiger charge is -2.21. The molecule has 0 radical (unpaired) electrons. The number of nitrogens with two attached hydrogens (primary N) is 1. The van der Waals surface area contributed by atoms with Gasteiger partial charge in [0.2, 0.25) is 5.91 Å². The van der Waals surface area contributed by atoms with Crippen LogP contribution in [-0.2, 0) is 4.79 Å². The molecule has 88 valence electrons. The second kappa shape index (κ2) is 4.97. The van der Waals surface area contributed by atoms with Gasteiger partial charge in [-0.25, -0.2) is 0 Å². The molecule has 0 spiro atoms. The van der Waals surface area contributed by atoms with E-state index in [2.05, 4.69) is 20.8 Å². The molecule has 0 aliphatic carbocycles. The van der Waals surface area contributed by atoms with Gasteiger partial charge in [0.1, 0.15) is 0 Å². The summed E-state index contributed by atoms with van der Waals surface area (Å²) < 4.78 is 0. The van der Waals surface area contributed by atoms with E-state index >= 15 is 0 Å². The van der Waals surface area contributed by atoms with Crippen molar-refractivity contribution in [3.8, 4) is 0 Å². The van der Waals surface area contributed by atoms with Gasteiger partial charge in [-0.05, 0) is 24.3 Å². The zero-order chi connectivity index (χ0) is 11.5. The first-order valence-electron chi connectivity index (χ1n) is 5.96. The Kier molecular flexibility index (Phi) is 4.14. The van der Waals surface area contributed by atoms with E-state index in [4.69, 9.17) is 5.73 Å². The van der Waals surface area contributed by atoms with Crippen molar-refractivity contribution in [2.45, 2.75) is 40.0 Å². The highest BCUT2D eigenvalue weighted by molar-refractivity contribution is 5.76. The quantitative estimate of drug-likeness (QED) is 0.769. The van der Waals surface area contributed by atoms with Crippen LogP contribution in [0.2, 0.25) is 0 Å². The van der Waals surface area contributed by atoms with Crippen LogP contribution in [0.25, 0.3) is 0 Å². The lowest BCUT2D eigenvalue weighted by molar-refractivity contribution is -0.131.